The molecule has 0 spiro atoms. The molecule has 4 aromatic rings. The number of rotatable bonds is 5. The molecule has 8 heteroatoms. The molecule has 4 rings (SSSR count). The molecule has 0 aliphatic rings. The molecule has 0 amide bonds. The van der Waals surface area contributed by atoms with Gasteiger partial charge in [-0.1, -0.05) is 54.1 Å². The number of hydrogen-bond donors (Lipinski definition) is 0. The molecule has 0 saturated heterocycles. The summed E-state index contributed by atoms with van der Waals surface area (Å²) < 4.78 is 1.95. The predicted octanol–water partition coefficient (Wildman–Crippen LogP) is 6.09. The lowest BCUT2D eigenvalue weighted by atomic mass is 10.1. The largest absolute Gasteiger partial charge is 0.284 e. The molecule has 0 N–H and O–H groups in total. The smallest absolute Gasteiger partial charge is 0.270 e. The Labute approximate surface area is 187 Å². The number of thiazole rings is 1. The molecule has 154 valence electrons. The van der Waals surface area contributed by atoms with E-state index in [2.05, 4.69) is 10.2 Å². The van der Waals surface area contributed by atoms with Crippen molar-refractivity contribution in [3.8, 4) is 16.9 Å². The van der Waals surface area contributed by atoms with E-state index in [1.165, 1.54) is 17.4 Å². The fourth-order valence-electron chi connectivity index (χ4n) is 3.05. The van der Waals surface area contributed by atoms with Gasteiger partial charge in [-0.15, -0.1) is 16.4 Å². The summed E-state index contributed by atoms with van der Waals surface area (Å²) in [4.78, 5) is 11.5. The maximum absolute atomic E-state index is 11.2. The first-order chi connectivity index (χ1) is 15.0. The van der Waals surface area contributed by atoms with Crippen molar-refractivity contribution in [1.82, 2.24) is 4.57 Å². The average Bonchev–Trinajstić information content (AvgIpc) is 3.22. The fourth-order valence-corrected chi connectivity index (χ4v) is 4.04. The number of aromatic nitrogens is 1. The summed E-state index contributed by atoms with van der Waals surface area (Å²) in [6.45, 7) is 1.88. The second kappa shape index (κ2) is 9.07. The number of benzene rings is 3. The van der Waals surface area contributed by atoms with Crippen molar-refractivity contribution < 1.29 is 4.92 Å². The van der Waals surface area contributed by atoms with E-state index in [0.29, 0.717) is 9.82 Å². The summed E-state index contributed by atoms with van der Waals surface area (Å²) >= 11 is 7.38. The van der Waals surface area contributed by atoms with E-state index in [1.807, 2.05) is 77.5 Å². The van der Waals surface area contributed by atoms with Crippen LogP contribution in [0.3, 0.4) is 0 Å². The summed E-state index contributed by atoms with van der Waals surface area (Å²) in [5.74, 6) is 0. The molecule has 6 nitrogen and oxygen atoms in total. The molecular formula is C23H17ClN4O2S. The molecule has 0 radical (unpaired) electrons. The highest BCUT2D eigenvalue weighted by Crippen LogP contribution is 2.26. The second-order valence-electron chi connectivity index (χ2n) is 6.67. The SMILES string of the molecule is C/C(=N\N=c1\scc(-c2cccc([N+](=O)[O-])c2)n1-c1ccccc1)c1ccc(Cl)cc1. The molecule has 0 saturated carbocycles. The molecule has 0 fully saturated rings. The first-order valence-electron chi connectivity index (χ1n) is 9.38. The Hall–Kier alpha value is -3.55. The van der Waals surface area contributed by atoms with Crippen LogP contribution in [-0.4, -0.2) is 15.2 Å². The topological polar surface area (TPSA) is 72.8 Å². The van der Waals surface area contributed by atoms with E-state index in [4.69, 9.17) is 11.6 Å². The van der Waals surface area contributed by atoms with Crippen molar-refractivity contribution in [3.63, 3.8) is 0 Å². The van der Waals surface area contributed by atoms with Crippen LogP contribution in [-0.2, 0) is 0 Å². The molecule has 0 atom stereocenters. The molecule has 0 aliphatic heterocycles. The Morgan fingerprint density at radius 1 is 1.03 bits per heavy atom. The van der Waals surface area contributed by atoms with Gasteiger partial charge in [0.2, 0.25) is 4.80 Å². The van der Waals surface area contributed by atoms with Crippen LogP contribution in [0.1, 0.15) is 12.5 Å². The fraction of sp³-hybridized carbons (Fsp3) is 0.0435. The Kier molecular flexibility index (Phi) is 6.06. The van der Waals surface area contributed by atoms with Crippen LogP contribution >= 0.6 is 22.9 Å². The zero-order valence-electron chi connectivity index (χ0n) is 16.5. The number of halogens is 1. The third-order valence-electron chi connectivity index (χ3n) is 4.62. The van der Waals surface area contributed by atoms with Gasteiger partial charge in [0.05, 0.1) is 16.3 Å². The van der Waals surface area contributed by atoms with Crippen LogP contribution in [0.15, 0.2) is 94.4 Å². The van der Waals surface area contributed by atoms with Crippen molar-refractivity contribution in [2.45, 2.75) is 6.92 Å². The van der Waals surface area contributed by atoms with Gasteiger partial charge < -0.3 is 0 Å². The van der Waals surface area contributed by atoms with Gasteiger partial charge in [0.15, 0.2) is 0 Å². The maximum atomic E-state index is 11.2. The van der Waals surface area contributed by atoms with Crippen LogP contribution in [0, 0.1) is 10.1 Å². The minimum atomic E-state index is -0.395. The minimum Gasteiger partial charge on any atom is -0.284 e. The van der Waals surface area contributed by atoms with Crippen LogP contribution in [0.25, 0.3) is 16.9 Å². The van der Waals surface area contributed by atoms with Gasteiger partial charge >= 0.3 is 0 Å². The van der Waals surface area contributed by atoms with E-state index in [1.54, 1.807) is 12.1 Å². The van der Waals surface area contributed by atoms with Crippen molar-refractivity contribution in [3.05, 3.63) is 110 Å². The zero-order chi connectivity index (χ0) is 21.8. The molecule has 3 aromatic carbocycles. The highest BCUT2D eigenvalue weighted by Gasteiger charge is 2.13. The quantitative estimate of drug-likeness (QED) is 0.210. The summed E-state index contributed by atoms with van der Waals surface area (Å²) in [6, 6.07) is 23.7. The number of non-ortho nitro benzene ring substituents is 1. The van der Waals surface area contributed by atoms with Crippen molar-refractivity contribution in [2.24, 2.45) is 10.2 Å². The first-order valence-corrected chi connectivity index (χ1v) is 10.6. The molecular weight excluding hydrogens is 432 g/mol. The molecule has 1 aromatic heterocycles. The number of hydrogen-bond acceptors (Lipinski definition) is 5. The van der Waals surface area contributed by atoms with Crippen molar-refractivity contribution >= 4 is 34.3 Å². The standard InChI is InChI=1S/C23H17ClN4O2S/c1-16(17-10-12-19(24)13-11-17)25-26-23-27(20-7-3-2-4-8-20)22(15-31-23)18-6-5-9-21(14-18)28(29)30/h2-15H,1H3/b25-16+,26-23+. The van der Waals surface area contributed by atoms with Gasteiger partial charge in [-0.2, -0.15) is 5.10 Å². The van der Waals surface area contributed by atoms with E-state index in [9.17, 15) is 10.1 Å². The highest BCUT2D eigenvalue weighted by molar-refractivity contribution is 7.07. The van der Waals surface area contributed by atoms with E-state index in [0.717, 1.165) is 28.2 Å². The lowest BCUT2D eigenvalue weighted by molar-refractivity contribution is -0.384. The normalized spacial score (nSPS) is 12.2. The van der Waals surface area contributed by atoms with Gasteiger partial charge in [-0.25, -0.2) is 0 Å². The second-order valence-corrected chi connectivity index (χ2v) is 7.95. The number of para-hydroxylation sites is 1. The van der Waals surface area contributed by atoms with Crippen molar-refractivity contribution in [2.75, 3.05) is 0 Å². The van der Waals surface area contributed by atoms with E-state index >= 15 is 0 Å². The lowest BCUT2D eigenvalue weighted by Crippen LogP contribution is -2.13. The van der Waals surface area contributed by atoms with Crippen LogP contribution in [0.5, 0.6) is 0 Å². The summed E-state index contributed by atoms with van der Waals surface area (Å²) in [5, 5.41) is 22.7. The molecule has 1 heterocycles. The van der Waals surface area contributed by atoms with Crippen LogP contribution < -0.4 is 4.80 Å². The van der Waals surface area contributed by atoms with E-state index < -0.39 is 4.92 Å². The summed E-state index contributed by atoms with van der Waals surface area (Å²) in [7, 11) is 0. The number of nitro benzene ring substituents is 1. The third-order valence-corrected chi connectivity index (χ3v) is 5.69. The average molecular weight is 449 g/mol. The van der Waals surface area contributed by atoms with E-state index in [-0.39, 0.29) is 5.69 Å². The van der Waals surface area contributed by atoms with Gasteiger partial charge in [0.1, 0.15) is 0 Å². The summed E-state index contributed by atoms with van der Waals surface area (Å²) in [5.41, 5.74) is 4.14. The third kappa shape index (κ3) is 4.63. The van der Waals surface area contributed by atoms with Gasteiger partial charge in [-0.3, -0.25) is 14.7 Å². The molecule has 0 unspecified atom stereocenters. The number of nitro groups is 1. The zero-order valence-corrected chi connectivity index (χ0v) is 18.0. The molecule has 0 aliphatic carbocycles. The molecule has 31 heavy (non-hydrogen) atoms. The molecule has 0 bridgehead atoms. The monoisotopic (exact) mass is 448 g/mol. The summed E-state index contributed by atoms with van der Waals surface area (Å²) in [6.07, 6.45) is 0. The highest BCUT2D eigenvalue weighted by atomic mass is 35.5. The first kappa shape index (κ1) is 20.7. The Balaban J connectivity index is 1.85. The van der Waals surface area contributed by atoms with Gasteiger partial charge in [0.25, 0.3) is 5.69 Å². The van der Waals surface area contributed by atoms with Crippen LogP contribution in [0.4, 0.5) is 5.69 Å². The van der Waals surface area contributed by atoms with Crippen molar-refractivity contribution in [1.29, 1.82) is 0 Å². The minimum absolute atomic E-state index is 0.0402. The predicted molar refractivity (Wildman–Crippen MR) is 125 cm³/mol. The number of nitrogens with zero attached hydrogens (tertiary/aromatic N) is 4. The van der Waals surface area contributed by atoms with Gasteiger partial charge in [-0.05, 0) is 36.8 Å². The van der Waals surface area contributed by atoms with Gasteiger partial charge in [0, 0.05) is 33.8 Å². The lowest BCUT2D eigenvalue weighted by Gasteiger charge is -2.09. The Morgan fingerprint density at radius 3 is 2.48 bits per heavy atom. The Morgan fingerprint density at radius 2 is 1.77 bits per heavy atom. The Bertz CT molecular complexity index is 1330. The maximum Gasteiger partial charge on any atom is 0.270 e. The van der Waals surface area contributed by atoms with Crippen LogP contribution in [0.2, 0.25) is 5.02 Å².